The molecule has 14 heavy (non-hydrogen) atoms. The summed E-state index contributed by atoms with van der Waals surface area (Å²) >= 11 is 0. The van der Waals surface area contributed by atoms with Crippen LogP contribution in [0.15, 0.2) is 30.3 Å². The Morgan fingerprint density at radius 1 is 1.14 bits per heavy atom. The maximum atomic E-state index is 9.82. The Balaban J connectivity index is 2.03. The van der Waals surface area contributed by atoms with Crippen LogP contribution >= 0.6 is 0 Å². The molecule has 0 spiro atoms. The number of hydrogen-bond donors (Lipinski definition) is 2. The highest BCUT2D eigenvalue weighted by Gasteiger charge is 2.32. The number of aliphatic hydroxyl groups excluding tert-OH is 2. The molecule has 0 radical (unpaired) electrons. The van der Waals surface area contributed by atoms with Gasteiger partial charge in [-0.15, -0.1) is 0 Å². The van der Waals surface area contributed by atoms with Crippen molar-refractivity contribution in [3.63, 3.8) is 0 Å². The maximum absolute atomic E-state index is 9.82. The van der Waals surface area contributed by atoms with E-state index < -0.39 is 12.2 Å². The summed E-state index contributed by atoms with van der Waals surface area (Å²) in [6.07, 6.45) is -1.52. The molecule has 0 bridgehead atoms. The van der Waals surface area contributed by atoms with Crippen LogP contribution in [0.2, 0.25) is 0 Å². The number of hydrogen-bond acceptors (Lipinski definition) is 3. The van der Waals surface area contributed by atoms with Gasteiger partial charge in [-0.1, -0.05) is 30.3 Å². The molecule has 2 N–H and O–H groups in total. The average Bonchev–Trinajstić information content (AvgIpc) is 2.15. The van der Waals surface area contributed by atoms with E-state index in [0.717, 1.165) is 5.56 Å². The van der Waals surface area contributed by atoms with E-state index in [2.05, 4.69) is 0 Å². The molecule has 1 fully saturated rings. The van der Waals surface area contributed by atoms with E-state index in [-0.39, 0.29) is 5.92 Å². The lowest BCUT2D eigenvalue weighted by atomic mass is 9.92. The van der Waals surface area contributed by atoms with Crippen molar-refractivity contribution in [1.82, 2.24) is 0 Å². The number of rotatable bonds is 3. The molecule has 1 heterocycles. The zero-order valence-corrected chi connectivity index (χ0v) is 7.84. The van der Waals surface area contributed by atoms with Crippen molar-refractivity contribution in [1.29, 1.82) is 0 Å². The zero-order chi connectivity index (χ0) is 9.97. The van der Waals surface area contributed by atoms with Gasteiger partial charge in [-0.2, -0.15) is 0 Å². The molecule has 0 unspecified atom stereocenters. The van der Waals surface area contributed by atoms with Gasteiger partial charge in [0.05, 0.1) is 19.3 Å². The maximum Gasteiger partial charge on any atom is 0.105 e. The standard InChI is InChI=1S/C11H14O3/c12-10(8-4-2-1-3-5-8)11(13)9-6-14-7-9/h1-5,9-13H,6-7H2/t10-,11-/m0/s1. The molecule has 1 aliphatic rings. The largest absolute Gasteiger partial charge is 0.390 e. The Hall–Kier alpha value is -0.900. The zero-order valence-electron chi connectivity index (χ0n) is 7.84. The van der Waals surface area contributed by atoms with Gasteiger partial charge in [0.15, 0.2) is 0 Å². The summed E-state index contributed by atoms with van der Waals surface area (Å²) in [6.45, 7) is 1.09. The molecule has 3 heteroatoms. The Labute approximate surface area is 83.0 Å². The van der Waals surface area contributed by atoms with Crippen molar-refractivity contribution in [3.8, 4) is 0 Å². The summed E-state index contributed by atoms with van der Waals surface area (Å²) in [5, 5.41) is 19.6. The van der Waals surface area contributed by atoms with Gasteiger partial charge < -0.3 is 14.9 Å². The van der Waals surface area contributed by atoms with Crippen LogP contribution in [0.3, 0.4) is 0 Å². The minimum atomic E-state index is -0.801. The second kappa shape index (κ2) is 4.09. The summed E-state index contributed by atoms with van der Waals surface area (Å²) in [4.78, 5) is 0. The van der Waals surface area contributed by atoms with Gasteiger partial charge in [-0.25, -0.2) is 0 Å². The van der Waals surface area contributed by atoms with E-state index >= 15 is 0 Å². The van der Waals surface area contributed by atoms with Gasteiger partial charge in [0, 0.05) is 5.92 Å². The minimum absolute atomic E-state index is 0.0743. The first-order valence-corrected chi connectivity index (χ1v) is 4.78. The summed E-state index contributed by atoms with van der Waals surface area (Å²) < 4.78 is 4.97. The Kier molecular flexibility index (Phi) is 2.82. The Morgan fingerprint density at radius 3 is 2.29 bits per heavy atom. The molecular formula is C11H14O3. The highest BCUT2D eigenvalue weighted by atomic mass is 16.5. The third-order valence-corrected chi connectivity index (χ3v) is 2.61. The van der Waals surface area contributed by atoms with Crippen molar-refractivity contribution in [2.24, 2.45) is 5.92 Å². The van der Waals surface area contributed by atoms with Crippen LogP contribution in [-0.2, 0) is 4.74 Å². The fraction of sp³-hybridized carbons (Fsp3) is 0.455. The van der Waals surface area contributed by atoms with Crippen LogP contribution in [0.5, 0.6) is 0 Å². The molecule has 2 atom stereocenters. The lowest BCUT2D eigenvalue weighted by Crippen LogP contribution is -2.41. The predicted molar refractivity (Wildman–Crippen MR) is 51.7 cm³/mol. The van der Waals surface area contributed by atoms with Gasteiger partial charge in [0.2, 0.25) is 0 Å². The van der Waals surface area contributed by atoms with Crippen molar-refractivity contribution in [2.75, 3.05) is 13.2 Å². The Bertz CT molecular complexity index is 282. The summed E-state index contributed by atoms with van der Waals surface area (Å²) in [7, 11) is 0. The third kappa shape index (κ3) is 1.80. The van der Waals surface area contributed by atoms with Crippen LogP contribution in [0, 0.1) is 5.92 Å². The monoisotopic (exact) mass is 194 g/mol. The quantitative estimate of drug-likeness (QED) is 0.745. The second-order valence-electron chi connectivity index (χ2n) is 3.64. The molecule has 0 saturated carbocycles. The molecule has 1 aliphatic heterocycles. The highest BCUT2D eigenvalue weighted by Crippen LogP contribution is 2.25. The topological polar surface area (TPSA) is 49.7 Å². The van der Waals surface area contributed by atoms with Crippen LogP contribution in [0.25, 0.3) is 0 Å². The average molecular weight is 194 g/mol. The Morgan fingerprint density at radius 2 is 1.79 bits per heavy atom. The summed E-state index contributed by atoms with van der Waals surface area (Å²) in [5.41, 5.74) is 0.756. The van der Waals surface area contributed by atoms with Gasteiger partial charge in [0.25, 0.3) is 0 Å². The van der Waals surface area contributed by atoms with Crippen molar-refractivity contribution < 1.29 is 14.9 Å². The first-order chi connectivity index (χ1) is 6.79. The van der Waals surface area contributed by atoms with Crippen LogP contribution in [0.4, 0.5) is 0 Å². The first-order valence-electron chi connectivity index (χ1n) is 4.78. The second-order valence-corrected chi connectivity index (χ2v) is 3.64. The SMILES string of the molecule is O[C@@H](c1ccccc1)[C@@H](O)C1COC1. The van der Waals surface area contributed by atoms with Gasteiger partial charge >= 0.3 is 0 Å². The minimum Gasteiger partial charge on any atom is -0.390 e. The van der Waals surface area contributed by atoms with E-state index in [1.807, 2.05) is 30.3 Å². The molecular weight excluding hydrogens is 180 g/mol. The van der Waals surface area contributed by atoms with Crippen LogP contribution in [0.1, 0.15) is 11.7 Å². The van der Waals surface area contributed by atoms with E-state index in [0.29, 0.717) is 13.2 Å². The normalized spacial score (nSPS) is 21.3. The van der Waals surface area contributed by atoms with Crippen molar-refractivity contribution >= 4 is 0 Å². The smallest absolute Gasteiger partial charge is 0.105 e. The van der Waals surface area contributed by atoms with Crippen LogP contribution in [-0.4, -0.2) is 29.5 Å². The molecule has 1 aromatic carbocycles. The van der Waals surface area contributed by atoms with E-state index in [4.69, 9.17) is 4.74 Å². The molecule has 0 aromatic heterocycles. The van der Waals surface area contributed by atoms with Crippen LogP contribution < -0.4 is 0 Å². The first kappa shape index (κ1) is 9.65. The number of aliphatic hydroxyl groups is 2. The van der Waals surface area contributed by atoms with E-state index in [1.165, 1.54) is 0 Å². The fourth-order valence-corrected chi connectivity index (χ4v) is 1.56. The molecule has 0 aliphatic carbocycles. The van der Waals surface area contributed by atoms with E-state index in [1.54, 1.807) is 0 Å². The van der Waals surface area contributed by atoms with Gasteiger partial charge in [-0.3, -0.25) is 0 Å². The lowest BCUT2D eigenvalue weighted by Gasteiger charge is -2.33. The number of benzene rings is 1. The molecule has 1 saturated heterocycles. The summed E-state index contributed by atoms with van der Waals surface area (Å²) in [5.74, 6) is 0.0743. The molecule has 1 aromatic rings. The van der Waals surface area contributed by atoms with Crippen molar-refractivity contribution in [2.45, 2.75) is 12.2 Å². The molecule has 0 amide bonds. The molecule has 3 nitrogen and oxygen atoms in total. The van der Waals surface area contributed by atoms with E-state index in [9.17, 15) is 10.2 Å². The highest BCUT2D eigenvalue weighted by molar-refractivity contribution is 5.18. The molecule has 76 valence electrons. The fourth-order valence-electron chi connectivity index (χ4n) is 1.56. The van der Waals surface area contributed by atoms with Crippen molar-refractivity contribution in [3.05, 3.63) is 35.9 Å². The number of ether oxygens (including phenoxy) is 1. The van der Waals surface area contributed by atoms with Gasteiger partial charge in [-0.05, 0) is 5.56 Å². The summed E-state index contributed by atoms with van der Waals surface area (Å²) in [6, 6.07) is 9.21. The molecule has 2 rings (SSSR count). The lowest BCUT2D eigenvalue weighted by molar-refractivity contribution is -0.127. The van der Waals surface area contributed by atoms with Gasteiger partial charge in [0.1, 0.15) is 6.10 Å². The predicted octanol–water partition coefficient (Wildman–Crippen LogP) is 0.727. The third-order valence-electron chi connectivity index (χ3n) is 2.61.